The Morgan fingerprint density at radius 1 is 1.03 bits per heavy atom. The molecule has 0 unspecified atom stereocenters. The number of methoxy groups -OCH3 is 2. The molecule has 3 rings (SSSR count). The van der Waals surface area contributed by atoms with E-state index in [0.29, 0.717) is 49.2 Å². The summed E-state index contributed by atoms with van der Waals surface area (Å²) < 4.78 is 37.0. The Kier molecular flexibility index (Phi) is 7.06. The van der Waals surface area contributed by atoms with E-state index in [0.717, 1.165) is 0 Å². The molecule has 30 heavy (non-hydrogen) atoms. The first-order valence-electron chi connectivity index (χ1n) is 9.44. The second-order valence-corrected chi connectivity index (χ2v) is 8.70. The Morgan fingerprint density at radius 2 is 1.63 bits per heavy atom. The summed E-state index contributed by atoms with van der Waals surface area (Å²) in [6.45, 7) is 1.73. The average Bonchev–Trinajstić information content (AvgIpc) is 2.79. The number of hydrogen-bond donors (Lipinski definition) is 1. The molecule has 2 heterocycles. The lowest BCUT2D eigenvalue weighted by Crippen LogP contribution is -2.50. The fourth-order valence-electron chi connectivity index (χ4n) is 3.08. The fourth-order valence-corrected chi connectivity index (χ4v) is 4.42. The summed E-state index contributed by atoms with van der Waals surface area (Å²) in [6.07, 6.45) is 3.32. The molecule has 11 heteroatoms. The van der Waals surface area contributed by atoms with Crippen LogP contribution in [-0.4, -0.2) is 81.3 Å². The van der Waals surface area contributed by atoms with E-state index in [4.69, 9.17) is 9.47 Å². The molecule has 1 aliphatic heterocycles. The number of rotatable bonds is 8. The lowest BCUT2D eigenvalue weighted by molar-refractivity contribution is 0.0955. The molecule has 1 N–H and O–H groups in total. The van der Waals surface area contributed by atoms with Crippen molar-refractivity contribution in [2.24, 2.45) is 0 Å². The number of aromatic nitrogens is 2. The van der Waals surface area contributed by atoms with Crippen LogP contribution in [0.15, 0.2) is 36.7 Å². The Labute approximate surface area is 175 Å². The molecule has 0 saturated carbocycles. The third-order valence-electron chi connectivity index (χ3n) is 4.73. The van der Waals surface area contributed by atoms with Gasteiger partial charge in [-0.15, -0.1) is 0 Å². The summed E-state index contributed by atoms with van der Waals surface area (Å²) in [5.74, 6) is 0.977. The maximum Gasteiger partial charge on any atom is 0.251 e. The minimum absolute atomic E-state index is 0.00268. The second kappa shape index (κ2) is 9.72. The van der Waals surface area contributed by atoms with Gasteiger partial charge in [0.05, 0.1) is 20.0 Å². The van der Waals surface area contributed by atoms with Gasteiger partial charge in [0.15, 0.2) is 0 Å². The third-order valence-corrected chi connectivity index (χ3v) is 6.60. The van der Waals surface area contributed by atoms with Gasteiger partial charge in [0.1, 0.15) is 11.5 Å². The van der Waals surface area contributed by atoms with Crippen molar-refractivity contribution in [1.82, 2.24) is 19.6 Å². The van der Waals surface area contributed by atoms with Crippen LogP contribution in [0.4, 0.5) is 5.95 Å². The Balaban J connectivity index is 1.51. The van der Waals surface area contributed by atoms with Crippen LogP contribution in [0.1, 0.15) is 10.4 Å². The van der Waals surface area contributed by atoms with Crippen molar-refractivity contribution in [3.63, 3.8) is 0 Å². The number of carbonyl (C=O) groups is 1. The van der Waals surface area contributed by atoms with Crippen LogP contribution >= 0.6 is 0 Å². The zero-order valence-electron chi connectivity index (χ0n) is 16.9. The lowest BCUT2D eigenvalue weighted by Gasteiger charge is -2.33. The molecule has 162 valence electrons. The molecule has 1 aromatic heterocycles. The molecule has 1 amide bonds. The van der Waals surface area contributed by atoms with Crippen molar-refractivity contribution in [3.8, 4) is 11.5 Å². The van der Waals surface area contributed by atoms with Gasteiger partial charge in [-0.2, -0.15) is 4.31 Å². The summed E-state index contributed by atoms with van der Waals surface area (Å²) in [5, 5.41) is 2.65. The topological polar surface area (TPSA) is 114 Å². The van der Waals surface area contributed by atoms with E-state index in [1.165, 1.54) is 18.5 Å². The van der Waals surface area contributed by atoms with Gasteiger partial charge >= 0.3 is 0 Å². The molecule has 0 radical (unpaired) electrons. The molecule has 0 aliphatic carbocycles. The average molecular weight is 436 g/mol. The Bertz CT molecular complexity index is 940. The Hall–Kier alpha value is -2.92. The van der Waals surface area contributed by atoms with Crippen molar-refractivity contribution in [2.75, 3.05) is 57.6 Å². The van der Waals surface area contributed by atoms with Crippen LogP contribution < -0.4 is 19.7 Å². The summed E-state index contributed by atoms with van der Waals surface area (Å²) in [4.78, 5) is 22.7. The smallest absolute Gasteiger partial charge is 0.251 e. The monoisotopic (exact) mass is 435 g/mol. The minimum Gasteiger partial charge on any atom is -0.497 e. The number of sulfonamides is 1. The van der Waals surface area contributed by atoms with Crippen molar-refractivity contribution < 1.29 is 22.7 Å². The second-order valence-electron chi connectivity index (χ2n) is 6.61. The quantitative estimate of drug-likeness (QED) is 0.633. The molecular weight excluding hydrogens is 410 g/mol. The SMILES string of the molecule is COc1cc(OC)cc(C(=O)NCCS(=O)(=O)N2CCN(c3ncccn3)CC2)c1. The van der Waals surface area contributed by atoms with Gasteiger partial charge in [-0.05, 0) is 18.2 Å². The van der Waals surface area contributed by atoms with Crippen molar-refractivity contribution >= 4 is 21.9 Å². The van der Waals surface area contributed by atoms with Gasteiger partial charge in [-0.3, -0.25) is 4.79 Å². The normalized spacial score (nSPS) is 14.9. The van der Waals surface area contributed by atoms with Crippen LogP contribution in [0.5, 0.6) is 11.5 Å². The summed E-state index contributed by atoms with van der Waals surface area (Å²) in [6, 6.07) is 6.52. The van der Waals surface area contributed by atoms with Gasteiger partial charge in [0.25, 0.3) is 5.91 Å². The number of amides is 1. The van der Waals surface area contributed by atoms with Crippen LogP contribution in [0.25, 0.3) is 0 Å². The molecule has 1 aromatic carbocycles. The van der Waals surface area contributed by atoms with Crippen LogP contribution in [0, 0.1) is 0 Å². The zero-order valence-corrected chi connectivity index (χ0v) is 17.8. The number of nitrogens with zero attached hydrogens (tertiary/aromatic N) is 4. The summed E-state index contributed by atoms with van der Waals surface area (Å²) in [7, 11) is -0.505. The van der Waals surface area contributed by atoms with E-state index >= 15 is 0 Å². The predicted octanol–water partition coefficient (Wildman–Crippen LogP) is 0.376. The molecule has 0 spiro atoms. The zero-order chi connectivity index (χ0) is 21.6. The lowest BCUT2D eigenvalue weighted by atomic mass is 10.2. The van der Waals surface area contributed by atoms with E-state index in [2.05, 4.69) is 15.3 Å². The highest BCUT2D eigenvalue weighted by Crippen LogP contribution is 2.22. The van der Waals surface area contributed by atoms with Crippen molar-refractivity contribution in [3.05, 3.63) is 42.2 Å². The highest BCUT2D eigenvalue weighted by molar-refractivity contribution is 7.89. The molecule has 1 saturated heterocycles. The molecule has 1 aliphatic rings. The number of anilines is 1. The highest BCUT2D eigenvalue weighted by atomic mass is 32.2. The van der Waals surface area contributed by atoms with E-state index in [1.54, 1.807) is 36.7 Å². The molecule has 0 bridgehead atoms. The third kappa shape index (κ3) is 5.36. The van der Waals surface area contributed by atoms with Crippen molar-refractivity contribution in [2.45, 2.75) is 0 Å². The number of benzene rings is 1. The number of hydrogen-bond acceptors (Lipinski definition) is 8. The van der Waals surface area contributed by atoms with Gasteiger partial charge in [-0.25, -0.2) is 18.4 Å². The fraction of sp³-hybridized carbons (Fsp3) is 0.421. The van der Waals surface area contributed by atoms with Gasteiger partial charge in [0, 0.05) is 56.7 Å². The number of piperazine rings is 1. The van der Waals surface area contributed by atoms with E-state index < -0.39 is 15.9 Å². The molecule has 1 fully saturated rings. The number of nitrogens with one attached hydrogen (secondary N) is 1. The first kappa shape index (κ1) is 21.8. The first-order chi connectivity index (χ1) is 14.4. The maximum absolute atomic E-state index is 12.6. The van der Waals surface area contributed by atoms with Crippen LogP contribution in [-0.2, 0) is 10.0 Å². The van der Waals surface area contributed by atoms with Crippen LogP contribution in [0.2, 0.25) is 0 Å². The number of carbonyl (C=O) groups excluding carboxylic acids is 1. The standard InChI is InChI=1S/C19H25N5O5S/c1-28-16-12-15(13-17(14-16)29-2)18(25)20-6-11-30(26,27)24-9-7-23(8-10-24)19-21-4-3-5-22-19/h3-5,12-14H,6-11H2,1-2H3,(H,20,25). The van der Waals surface area contributed by atoms with Gasteiger partial charge in [-0.1, -0.05) is 0 Å². The van der Waals surface area contributed by atoms with E-state index in [1.807, 2.05) is 4.90 Å². The summed E-state index contributed by atoms with van der Waals surface area (Å²) >= 11 is 0. The van der Waals surface area contributed by atoms with Gasteiger partial charge in [0.2, 0.25) is 16.0 Å². The van der Waals surface area contributed by atoms with E-state index in [9.17, 15) is 13.2 Å². The van der Waals surface area contributed by atoms with Gasteiger partial charge < -0.3 is 19.7 Å². The molecule has 10 nitrogen and oxygen atoms in total. The molecule has 2 aromatic rings. The Morgan fingerprint density at radius 3 is 2.20 bits per heavy atom. The minimum atomic E-state index is -3.49. The number of ether oxygens (including phenoxy) is 2. The summed E-state index contributed by atoms with van der Waals surface area (Å²) in [5.41, 5.74) is 0.333. The van der Waals surface area contributed by atoms with E-state index in [-0.39, 0.29) is 12.3 Å². The van der Waals surface area contributed by atoms with Crippen molar-refractivity contribution in [1.29, 1.82) is 0 Å². The van der Waals surface area contributed by atoms with Crippen LogP contribution in [0.3, 0.4) is 0 Å². The molecule has 0 atom stereocenters. The highest BCUT2D eigenvalue weighted by Gasteiger charge is 2.27. The molecular formula is C19H25N5O5S. The first-order valence-corrected chi connectivity index (χ1v) is 11.0. The largest absolute Gasteiger partial charge is 0.497 e. The maximum atomic E-state index is 12.6. The predicted molar refractivity (Wildman–Crippen MR) is 111 cm³/mol.